The fraction of sp³-hybridized carbons (Fsp3) is 0.0638. The van der Waals surface area contributed by atoms with Gasteiger partial charge in [-0.05, 0) is 72.1 Å². The Morgan fingerprint density at radius 2 is 1.06 bits per heavy atom. The molecule has 0 saturated heterocycles. The number of fused-ring (bicyclic) bond motifs is 11. The van der Waals surface area contributed by atoms with Crippen LogP contribution in [0.1, 0.15) is 22.5 Å². The fourth-order valence-corrected chi connectivity index (χ4v) is 10.5. The van der Waals surface area contributed by atoms with Crippen molar-refractivity contribution in [3.05, 3.63) is 174 Å². The molecular weight excluding hydrogens is 635 g/mol. The van der Waals surface area contributed by atoms with Crippen molar-refractivity contribution in [3.8, 4) is 39.4 Å². The lowest BCUT2D eigenvalue weighted by atomic mass is 9.82. The Bertz CT molecular complexity index is 3250. The first-order valence-corrected chi connectivity index (χ1v) is 18.1. The van der Waals surface area contributed by atoms with Crippen molar-refractivity contribution in [2.75, 3.05) is 0 Å². The van der Waals surface area contributed by atoms with Gasteiger partial charge in [0.2, 0.25) is 5.69 Å². The van der Waals surface area contributed by atoms with Gasteiger partial charge in [0.15, 0.2) is 5.52 Å². The summed E-state index contributed by atoms with van der Waals surface area (Å²) >= 11 is 0. The fourth-order valence-electron chi connectivity index (χ4n) is 10.5. The summed E-state index contributed by atoms with van der Waals surface area (Å²) in [5.74, 6) is 1.17. The number of hydrogen-bond acceptors (Lipinski definition) is 0. The van der Waals surface area contributed by atoms with Crippen LogP contribution in [0.5, 0.6) is 0 Å². The zero-order valence-electron chi connectivity index (χ0n) is 28.7. The van der Waals surface area contributed by atoms with Gasteiger partial charge < -0.3 is 4.57 Å². The average Bonchev–Trinajstić information content (AvgIpc) is 3.89. The van der Waals surface area contributed by atoms with Gasteiger partial charge >= 0.3 is 5.66 Å². The van der Waals surface area contributed by atoms with E-state index in [4.69, 9.17) is 0 Å². The SMILES string of the molecule is Cc1c(-c2ccc(-c3ccccc3)cc2)c(C)[n+]2n1-c1ccc3c4ccccc4n4c3c1C21c2c-4ccc3c4ccccc4n(c23)-c2cccc[n+]21. The van der Waals surface area contributed by atoms with E-state index in [9.17, 15) is 0 Å². The average molecular weight is 666 g/mol. The molecule has 1 atom stereocenters. The summed E-state index contributed by atoms with van der Waals surface area (Å²) in [6, 6.07) is 53.9. The number of nitrogens with zero attached hydrogens (tertiary/aromatic N) is 5. The molecule has 0 radical (unpaired) electrons. The van der Waals surface area contributed by atoms with Crippen molar-refractivity contribution in [2.45, 2.75) is 19.5 Å². The lowest BCUT2D eigenvalue weighted by molar-refractivity contribution is -0.995. The summed E-state index contributed by atoms with van der Waals surface area (Å²) in [5.41, 5.74) is 17.0. The Balaban J connectivity index is 1.24. The molecule has 5 nitrogen and oxygen atoms in total. The van der Waals surface area contributed by atoms with Crippen LogP contribution in [0.2, 0.25) is 0 Å². The highest BCUT2D eigenvalue weighted by atomic mass is 15.5. The Morgan fingerprint density at radius 1 is 0.481 bits per heavy atom. The molecular formula is C47H31N5+2. The minimum atomic E-state index is -0.674. The maximum atomic E-state index is 2.64. The predicted molar refractivity (Wildman–Crippen MR) is 207 cm³/mol. The number of benzene rings is 6. The normalized spacial score (nSPS) is 16.0. The minimum Gasteiger partial charge on any atom is -0.307 e. The molecule has 0 bridgehead atoms. The molecule has 4 aromatic heterocycles. The number of para-hydroxylation sites is 2. The second kappa shape index (κ2) is 8.95. The van der Waals surface area contributed by atoms with E-state index < -0.39 is 5.66 Å². The summed E-state index contributed by atoms with van der Waals surface area (Å²) in [6.45, 7) is 4.64. The minimum absolute atomic E-state index is 0.674. The zero-order valence-corrected chi connectivity index (χ0v) is 28.7. The van der Waals surface area contributed by atoms with Gasteiger partial charge in [-0.1, -0.05) is 95.7 Å². The van der Waals surface area contributed by atoms with Gasteiger partial charge in [-0.2, -0.15) is 9.13 Å². The lowest BCUT2D eigenvalue weighted by Crippen LogP contribution is -2.77. The first-order chi connectivity index (χ1) is 25.7. The highest BCUT2D eigenvalue weighted by Gasteiger charge is 2.69. The quantitative estimate of drug-likeness (QED) is 0.164. The van der Waals surface area contributed by atoms with Crippen molar-refractivity contribution >= 4 is 43.6 Å². The van der Waals surface area contributed by atoms with Gasteiger partial charge in [-0.15, -0.1) is 4.68 Å². The zero-order chi connectivity index (χ0) is 34.0. The van der Waals surface area contributed by atoms with Crippen LogP contribution in [0.3, 0.4) is 0 Å². The summed E-state index contributed by atoms with van der Waals surface area (Å²) in [5, 5.41) is 5.14. The third-order valence-electron chi connectivity index (χ3n) is 12.4. The molecule has 3 aliphatic heterocycles. The molecule has 7 heterocycles. The van der Waals surface area contributed by atoms with Crippen molar-refractivity contribution in [3.63, 3.8) is 0 Å². The third kappa shape index (κ3) is 2.80. The van der Waals surface area contributed by atoms with E-state index in [2.05, 4.69) is 189 Å². The van der Waals surface area contributed by atoms with Crippen LogP contribution >= 0.6 is 0 Å². The lowest BCUT2D eigenvalue weighted by Gasteiger charge is -2.33. The van der Waals surface area contributed by atoms with Gasteiger partial charge in [0, 0.05) is 34.5 Å². The molecule has 5 heteroatoms. The van der Waals surface area contributed by atoms with E-state index in [1.165, 1.54) is 106 Å². The first-order valence-electron chi connectivity index (χ1n) is 18.1. The second-order valence-electron chi connectivity index (χ2n) is 14.6. The van der Waals surface area contributed by atoms with Gasteiger partial charge in [-0.25, -0.2) is 0 Å². The van der Waals surface area contributed by atoms with Crippen molar-refractivity contribution in [1.29, 1.82) is 0 Å². The number of pyridine rings is 1. The Morgan fingerprint density at radius 3 is 1.81 bits per heavy atom. The molecule has 1 spiro atoms. The van der Waals surface area contributed by atoms with Crippen molar-refractivity contribution < 1.29 is 9.25 Å². The van der Waals surface area contributed by atoms with Crippen molar-refractivity contribution in [2.24, 2.45) is 0 Å². The Labute approximate surface area is 299 Å². The second-order valence-corrected chi connectivity index (χ2v) is 14.6. The maximum Gasteiger partial charge on any atom is 0.394 e. The highest BCUT2D eigenvalue weighted by Crippen LogP contribution is 2.55. The molecule has 0 amide bonds. The van der Waals surface area contributed by atoms with Crippen LogP contribution in [-0.2, 0) is 5.66 Å². The third-order valence-corrected chi connectivity index (χ3v) is 12.4. The topological polar surface area (TPSA) is 22.5 Å². The molecule has 242 valence electrons. The van der Waals surface area contributed by atoms with Crippen LogP contribution < -0.4 is 9.25 Å². The number of rotatable bonds is 2. The molecule has 0 aliphatic carbocycles. The van der Waals surface area contributed by atoms with Crippen LogP contribution in [-0.4, -0.2) is 13.8 Å². The van der Waals surface area contributed by atoms with Crippen LogP contribution in [0.25, 0.3) is 83.1 Å². The predicted octanol–water partition coefficient (Wildman–Crippen LogP) is 9.44. The van der Waals surface area contributed by atoms with Gasteiger partial charge in [0.25, 0.3) is 5.82 Å². The summed E-state index contributed by atoms with van der Waals surface area (Å²) in [4.78, 5) is 0. The summed E-state index contributed by atoms with van der Waals surface area (Å²) in [7, 11) is 0. The Kier molecular flexibility index (Phi) is 4.66. The van der Waals surface area contributed by atoms with Gasteiger partial charge in [0.05, 0.1) is 34.2 Å². The largest absolute Gasteiger partial charge is 0.394 e. The Hall–Kier alpha value is -6.72. The van der Waals surface area contributed by atoms with E-state index in [1.54, 1.807) is 0 Å². The molecule has 52 heavy (non-hydrogen) atoms. The van der Waals surface area contributed by atoms with E-state index in [0.29, 0.717) is 0 Å². The monoisotopic (exact) mass is 665 g/mol. The molecule has 6 aromatic carbocycles. The van der Waals surface area contributed by atoms with Crippen molar-refractivity contribution in [1.82, 2.24) is 13.8 Å². The molecule has 3 aliphatic rings. The van der Waals surface area contributed by atoms with Crippen LogP contribution in [0, 0.1) is 13.8 Å². The van der Waals surface area contributed by atoms with Crippen LogP contribution in [0.4, 0.5) is 0 Å². The molecule has 13 rings (SSSR count). The van der Waals surface area contributed by atoms with E-state index in [0.717, 1.165) is 0 Å². The summed E-state index contributed by atoms with van der Waals surface area (Å²) < 4.78 is 12.8. The standard InChI is InChI=1S/C47H31N5/c1-28-42(32-21-19-31(20-22-32)30-12-4-3-5-13-30)29(2)52-47-43-39(49-37-16-8-6-14-33(37)35-24-26-40(51(28)52)44(47)45(35)49)25-23-36-34-15-7-9-17-38(34)50(46(36)43)41-18-10-11-27-48(41)47/h3-27H,1-2H3/q+2. The summed E-state index contributed by atoms with van der Waals surface area (Å²) in [6.07, 6.45) is 2.31. The first kappa shape index (κ1) is 27.1. The molecule has 1 unspecified atom stereocenters. The van der Waals surface area contributed by atoms with E-state index >= 15 is 0 Å². The number of aromatic nitrogens is 5. The molecule has 0 N–H and O–H groups in total. The van der Waals surface area contributed by atoms with E-state index in [1.807, 2.05) is 0 Å². The van der Waals surface area contributed by atoms with Crippen LogP contribution in [0.15, 0.2) is 152 Å². The van der Waals surface area contributed by atoms with Gasteiger partial charge in [-0.3, -0.25) is 0 Å². The highest BCUT2D eigenvalue weighted by molar-refractivity contribution is 6.16. The number of hydrogen-bond donors (Lipinski definition) is 0. The molecule has 10 aromatic rings. The maximum absolute atomic E-state index is 2.64. The molecule has 0 saturated carbocycles. The van der Waals surface area contributed by atoms with E-state index in [-0.39, 0.29) is 0 Å². The smallest absolute Gasteiger partial charge is 0.307 e. The molecule has 0 fully saturated rings. The van der Waals surface area contributed by atoms with Gasteiger partial charge in [0.1, 0.15) is 22.3 Å².